The van der Waals surface area contributed by atoms with Gasteiger partial charge in [-0.1, -0.05) is 6.42 Å². The topological polar surface area (TPSA) is 47.7 Å². The van der Waals surface area contributed by atoms with Gasteiger partial charge in [-0.3, -0.25) is 4.90 Å². The number of benzene rings is 1. The SMILES string of the molecule is COc1ccc(OC)c(C(N)CN2CCCCC2C)c1. The number of ether oxygens (including phenoxy) is 2. The zero-order valence-corrected chi connectivity index (χ0v) is 12.8. The monoisotopic (exact) mass is 278 g/mol. The summed E-state index contributed by atoms with van der Waals surface area (Å²) in [6, 6.07) is 6.37. The summed E-state index contributed by atoms with van der Waals surface area (Å²) in [5, 5.41) is 0. The van der Waals surface area contributed by atoms with E-state index in [9.17, 15) is 0 Å². The number of nitrogens with two attached hydrogens (primary N) is 1. The lowest BCUT2D eigenvalue weighted by atomic mass is 10.00. The van der Waals surface area contributed by atoms with E-state index >= 15 is 0 Å². The third-order valence-electron chi connectivity index (χ3n) is 4.21. The van der Waals surface area contributed by atoms with Gasteiger partial charge in [-0.25, -0.2) is 0 Å². The van der Waals surface area contributed by atoms with E-state index in [0.29, 0.717) is 6.04 Å². The molecule has 2 N–H and O–H groups in total. The minimum atomic E-state index is -0.0550. The Morgan fingerprint density at radius 2 is 2.10 bits per heavy atom. The lowest BCUT2D eigenvalue weighted by molar-refractivity contribution is 0.151. The highest BCUT2D eigenvalue weighted by Gasteiger charge is 2.22. The van der Waals surface area contributed by atoms with Crippen molar-refractivity contribution in [1.82, 2.24) is 4.90 Å². The van der Waals surface area contributed by atoms with Gasteiger partial charge < -0.3 is 15.2 Å². The van der Waals surface area contributed by atoms with Crippen molar-refractivity contribution in [1.29, 1.82) is 0 Å². The number of rotatable bonds is 5. The highest BCUT2D eigenvalue weighted by molar-refractivity contribution is 5.42. The quantitative estimate of drug-likeness (QED) is 0.899. The zero-order valence-electron chi connectivity index (χ0n) is 12.8. The molecule has 1 aromatic carbocycles. The van der Waals surface area contributed by atoms with E-state index in [-0.39, 0.29) is 6.04 Å². The molecule has 2 atom stereocenters. The summed E-state index contributed by atoms with van der Waals surface area (Å²) in [5.74, 6) is 1.66. The molecule has 0 amide bonds. The molecule has 2 rings (SSSR count). The smallest absolute Gasteiger partial charge is 0.123 e. The van der Waals surface area contributed by atoms with Gasteiger partial charge in [-0.05, 0) is 44.5 Å². The van der Waals surface area contributed by atoms with Crippen LogP contribution >= 0.6 is 0 Å². The summed E-state index contributed by atoms with van der Waals surface area (Å²) >= 11 is 0. The summed E-state index contributed by atoms with van der Waals surface area (Å²) in [4.78, 5) is 2.48. The van der Waals surface area contributed by atoms with E-state index in [4.69, 9.17) is 15.2 Å². The minimum absolute atomic E-state index is 0.0550. The normalized spacial score (nSPS) is 21.5. The molecule has 1 aromatic rings. The fourth-order valence-electron chi connectivity index (χ4n) is 2.91. The average Bonchev–Trinajstić information content (AvgIpc) is 2.48. The number of piperidine rings is 1. The summed E-state index contributed by atoms with van der Waals surface area (Å²) in [7, 11) is 3.35. The van der Waals surface area contributed by atoms with E-state index in [1.165, 1.54) is 19.3 Å². The second-order valence-electron chi connectivity index (χ2n) is 5.55. The molecule has 4 nitrogen and oxygen atoms in total. The van der Waals surface area contributed by atoms with E-state index < -0.39 is 0 Å². The van der Waals surface area contributed by atoms with Crippen LogP contribution in [0, 0.1) is 0 Å². The Morgan fingerprint density at radius 3 is 2.75 bits per heavy atom. The van der Waals surface area contributed by atoms with Crippen LogP contribution in [-0.4, -0.2) is 38.3 Å². The fourth-order valence-corrected chi connectivity index (χ4v) is 2.91. The molecule has 0 saturated carbocycles. The molecule has 4 heteroatoms. The van der Waals surface area contributed by atoms with Gasteiger partial charge in [0.05, 0.1) is 14.2 Å². The van der Waals surface area contributed by atoms with Crippen LogP contribution in [0.3, 0.4) is 0 Å². The van der Waals surface area contributed by atoms with Crippen LogP contribution in [-0.2, 0) is 0 Å². The Hall–Kier alpha value is -1.26. The molecule has 112 valence electrons. The number of nitrogens with zero attached hydrogens (tertiary/aromatic N) is 1. The largest absolute Gasteiger partial charge is 0.497 e. The van der Waals surface area contributed by atoms with E-state index in [1.54, 1.807) is 14.2 Å². The molecular formula is C16H26N2O2. The molecule has 1 aliphatic heterocycles. The highest BCUT2D eigenvalue weighted by atomic mass is 16.5. The maximum absolute atomic E-state index is 6.41. The second kappa shape index (κ2) is 6.95. The van der Waals surface area contributed by atoms with Crippen LogP contribution < -0.4 is 15.2 Å². The van der Waals surface area contributed by atoms with E-state index in [1.807, 2.05) is 18.2 Å². The average molecular weight is 278 g/mol. The lowest BCUT2D eigenvalue weighted by Gasteiger charge is -2.35. The number of likely N-dealkylation sites (tertiary alicyclic amines) is 1. The molecule has 0 aliphatic carbocycles. The van der Waals surface area contributed by atoms with Gasteiger partial charge in [-0.2, -0.15) is 0 Å². The van der Waals surface area contributed by atoms with Crippen molar-refractivity contribution in [2.45, 2.75) is 38.3 Å². The fraction of sp³-hybridized carbons (Fsp3) is 0.625. The van der Waals surface area contributed by atoms with Crippen molar-refractivity contribution in [3.8, 4) is 11.5 Å². The van der Waals surface area contributed by atoms with Crippen LogP contribution in [0.15, 0.2) is 18.2 Å². The van der Waals surface area contributed by atoms with Crippen molar-refractivity contribution in [2.75, 3.05) is 27.3 Å². The second-order valence-corrected chi connectivity index (χ2v) is 5.55. The molecule has 0 bridgehead atoms. The molecule has 1 aliphatic rings. The highest BCUT2D eigenvalue weighted by Crippen LogP contribution is 2.29. The Bertz CT molecular complexity index is 436. The Kier molecular flexibility index (Phi) is 5.26. The standard InChI is InChI=1S/C16H26N2O2/c1-12-6-4-5-9-18(12)11-15(17)14-10-13(19-2)7-8-16(14)20-3/h7-8,10,12,15H,4-6,9,11,17H2,1-3H3. The number of hydrogen-bond donors (Lipinski definition) is 1. The summed E-state index contributed by atoms with van der Waals surface area (Å²) < 4.78 is 10.7. The molecule has 0 radical (unpaired) electrons. The van der Waals surface area contributed by atoms with E-state index in [0.717, 1.165) is 30.2 Å². The van der Waals surface area contributed by atoms with Crippen LogP contribution in [0.25, 0.3) is 0 Å². The van der Waals surface area contributed by atoms with Crippen LogP contribution in [0.2, 0.25) is 0 Å². The maximum Gasteiger partial charge on any atom is 0.123 e. The van der Waals surface area contributed by atoms with Crippen LogP contribution in [0.4, 0.5) is 0 Å². The van der Waals surface area contributed by atoms with Crippen molar-refractivity contribution in [3.63, 3.8) is 0 Å². The summed E-state index contributed by atoms with van der Waals surface area (Å²) in [5.41, 5.74) is 7.43. The molecule has 1 heterocycles. The van der Waals surface area contributed by atoms with Crippen LogP contribution in [0.1, 0.15) is 37.8 Å². The molecule has 20 heavy (non-hydrogen) atoms. The Morgan fingerprint density at radius 1 is 1.30 bits per heavy atom. The van der Waals surface area contributed by atoms with Gasteiger partial charge in [0.1, 0.15) is 11.5 Å². The van der Waals surface area contributed by atoms with E-state index in [2.05, 4.69) is 11.8 Å². The van der Waals surface area contributed by atoms with Crippen molar-refractivity contribution < 1.29 is 9.47 Å². The van der Waals surface area contributed by atoms with Gasteiger partial charge in [0.2, 0.25) is 0 Å². The van der Waals surface area contributed by atoms with Gasteiger partial charge in [0.15, 0.2) is 0 Å². The van der Waals surface area contributed by atoms with Crippen molar-refractivity contribution in [2.24, 2.45) is 5.73 Å². The van der Waals surface area contributed by atoms with Crippen molar-refractivity contribution >= 4 is 0 Å². The van der Waals surface area contributed by atoms with Gasteiger partial charge in [-0.15, -0.1) is 0 Å². The Balaban J connectivity index is 2.12. The summed E-state index contributed by atoms with van der Waals surface area (Å²) in [6.45, 7) is 4.29. The number of methoxy groups -OCH3 is 2. The van der Waals surface area contributed by atoms with Gasteiger partial charge >= 0.3 is 0 Å². The first-order valence-electron chi connectivity index (χ1n) is 7.37. The van der Waals surface area contributed by atoms with Gasteiger partial charge in [0, 0.05) is 24.2 Å². The molecular weight excluding hydrogens is 252 g/mol. The zero-order chi connectivity index (χ0) is 14.5. The number of hydrogen-bond acceptors (Lipinski definition) is 4. The molecule has 1 saturated heterocycles. The summed E-state index contributed by atoms with van der Waals surface area (Å²) in [6.07, 6.45) is 3.86. The first-order valence-corrected chi connectivity index (χ1v) is 7.37. The van der Waals surface area contributed by atoms with Crippen LogP contribution in [0.5, 0.6) is 11.5 Å². The van der Waals surface area contributed by atoms with Gasteiger partial charge in [0.25, 0.3) is 0 Å². The molecule has 2 unspecified atom stereocenters. The third-order valence-corrected chi connectivity index (χ3v) is 4.21. The molecule has 1 fully saturated rings. The molecule has 0 aromatic heterocycles. The predicted octanol–water partition coefficient (Wildman–Crippen LogP) is 2.58. The first kappa shape index (κ1) is 15.1. The lowest BCUT2D eigenvalue weighted by Crippen LogP contribution is -2.41. The minimum Gasteiger partial charge on any atom is -0.497 e. The third kappa shape index (κ3) is 3.44. The maximum atomic E-state index is 6.41. The predicted molar refractivity (Wildman–Crippen MR) is 81.4 cm³/mol. The first-order chi connectivity index (χ1) is 9.65. The Labute approximate surface area is 121 Å². The molecule has 0 spiro atoms. The van der Waals surface area contributed by atoms with Crippen molar-refractivity contribution in [3.05, 3.63) is 23.8 Å².